The maximum Gasteiger partial charge on any atom is 0.257 e. The fourth-order valence-corrected chi connectivity index (χ4v) is 3.15. The van der Waals surface area contributed by atoms with Gasteiger partial charge in [0.25, 0.3) is 11.8 Å². The molecule has 25 heavy (non-hydrogen) atoms. The fraction of sp³-hybridized carbons (Fsp3) is 0.100. The van der Waals surface area contributed by atoms with Crippen molar-refractivity contribution < 1.29 is 9.15 Å². The van der Waals surface area contributed by atoms with Gasteiger partial charge in [-0.15, -0.1) is 21.5 Å². The maximum atomic E-state index is 5.93. The number of hydrogen-bond acceptors (Lipinski definition) is 5. The third-order valence-corrected chi connectivity index (χ3v) is 4.65. The van der Waals surface area contributed by atoms with Gasteiger partial charge in [0, 0.05) is 0 Å². The molecule has 4 aromatic rings. The molecule has 5 heteroatoms. The fourth-order valence-electron chi connectivity index (χ4n) is 2.51. The third kappa shape index (κ3) is 3.46. The van der Waals surface area contributed by atoms with Crippen LogP contribution in [0.1, 0.15) is 18.9 Å². The Hall–Kier alpha value is -2.92. The quantitative estimate of drug-likeness (QED) is 0.471. The van der Waals surface area contributed by atoms with E-state index in [1.54, 1.807) is 11.3 Å². The summed E-state index contributed by atoms with van der Waals surface area (Å²) in [6.07, 6.45) is -0.316. The van der Waals surface area contributed by atoms with Crippen LogP contribution in [0.3, 0.4) is 0 Å². The number of ether oxygens (including phenoxy) is 1. The SMILES string of the molecule is C[C@H](Oc1ccc(-c2ccccc2)cc1)c1nnc(-c2cccs2)o1. The smallest absolute Gasteiger partial charge is 0.257 e. The van der Waals surface area contributed by atoms with Crippen LogP contribution in [0.5, 0.6) is 5.75 Å². The van der Waals surface area contributed by atoms with Gasteiger partial charge in [0.1, 0.15) is 5.75 Å². The highest BCUT2D eigenvalue weighted by Crippen LogP contribution is 2.28. The largest absolute Gasteiger partial charge is 0.481 e. The van der Waals surface area contributed by atoms with Crippen LogP contribution in [0.25, 0.3) is 21.9 Å². The van der Waals surface area contributed by atoms with Gasteiger partial charge in [-0.25, -0.2) is 0 Å². The van der Waals surface area contributed by atoms with Gasteiger partial charge in [0.05, 0.1) is 4.88 Å². The van der Waals surface area contributed by atoms with Crippen molar-refractivity contribution in [3.63, 3.8) is 0 Å². The van der Waals surface area contributed by atoms with E-state index in [9.17, 15) is 0 Å². The first-order chi connectivity index (χ1) is 12.3. The number of aromatic nitrogens is 2. The van der Waals surface area contributed by atoms with E-state index in [1.807, 2.05) is 66.9 Å². The molecule has 0 aliphatic carbocycles. The predicted molar refractivity (Wildman–Crippen MR) is 98.5 cm³/mol. The highest BCUT2D eigenvalue weighted by atomic mass is 32.1. The van der Waals surface area contributed by atoms with Crippen molar-refractivity contribution in [2.75, 3.05) is 0 Å². The molecule has 4 rings (SSSR count). The standard InChI is InChI=1S/C20H16N2O2S/c1-14(19-21-22-20(24-19)18-8-5-13-25-18)23-17-11-9-16(10-12-17)15-6-3-2-4-7-15/h2-14H,1H3/t14-/m0/s1. The first kappa shape index (κ1) is 15.6. The summed E-state index contributed by atoms with van der Waals surface area (Å²) in [6.45, 7) is 1.90. The van der Waals surface area contributed by atoms with Gasteiger partial charge >= 0.3 is 0 Å². The minimum atomic E-state index is -0.316. The lowest BCUT2D eigenvalue weighted by atomic mass is 10.1. The number of nitrogens with zero attached hydrogens (tertiary/aromatic N) is 2. The molecule has 2 aromatic carbocycles. The molecule has 1 atom stereocenters. The lowest BCUT2D eigenvalue weighted by molar-refractivity contribution is 0.189. The highest BCUT2D eigenvalue weighted by molar-refractivity contribution is 7.13. The number of benzene rings is 2. The minimum absolute atomic E-state index is 0.316. The van der Waals surface area contributed by atoms with Crippen molar-refractivity contribution in [3.05, 3.63) is 78.0 Å². The molecular weight excluding hydrogens is 332 g/mol. The van der Waals surface area contributed by atoms with Crippen LogP contribution < -0.4 is 4.74 Å². The van der Waals surface area contributed by atoms with E-state index < -0.39 is 0 Å². The Labute approximate surface area is 149 Å². The Morgan fingerprint density at radius 3 is 2.36 bits per heavy atom. The van der Waals surface area contributed by atoms with E-state index in [-0.39, 0.29) is 6.10 Å². The summed E-state index contributed by atoms with van der Waals surface area (Å²) in [4.78, 5) is 0.957. The van der Waals surface area contributed by atoms with Crippen molar-refractivity contribution in [2.24, 2.45) is 0 Å². The molecule has 0 bridgehead atoms. The summed E-state index contributed by atoms with van der Waals surface area (Å²) < 4.78 is 11.6. The Morgan fingerprint density at radius 2 is 1.64 bits per heavy atom. The molecule has 2 heterocycles. The van der Waals surface area contributed by atoms with Gasteiger partial charge in [0.2, 0.25) is 0 Å². The molecule has 0 radical (unpaired) electrons. The van der Waals surface area contributed by atoms with Gasteiger partial charge in [0.15, 0.2) is 6.10 Å². The molecule has 0 fully saturated rings. The third-order valence-electron chi connectivity index (χ3n) is 3.79. The lowest BCUT2D eigenvalue weighted by Crippen LogP contribution is -2.03. The molecule has 0 aliphatic heterocycles. The van der Waals surface area contributed by atoms with Gasteiger partial charge in [-0.2, -0.15) is 0 Å². The summed E-state index contributed by atoms with van der Waals surface area (Å²) in [5, 5.41) is 10.2. The van der Waals surface area contributed by atoms with Crippen LogP contribution in [-0.2, 0) is 0 Å². The maximum absolute atomic E-state index is 5.93. The van der Waals surface area contributed by atoms with Crippen molar-refractivity contribution in [1.29, 1.82) is 0 Å². The Bertz CT molecular complexity index is 932. The van der Waals surface area contributed by atoms with E-state index in [1.165, 1.54) is 5.56 Å². The van der Waals surface area contributed by atoms with Crippen LogP contribution >= 0.6 is 11.3 Å². The van der Waals surface area contributed by atoms with E-state index in [2.05, 4.69) is 22.3 Å². The summed E-state index contributed by atoms with van der Waals surface area (Å²) >= 11 is 1.57. The lowest BCUT2D eigenvalue weighted by Gasteiger charge is -2.11. The average Bonchev–Trinajstić information content (AvgIpc) is 3.35. The normalized spacial score (nSPS) is 12.0. The molecule has 0 saturated heterocycles. The summed E-state index contributed by atoms with van der Waals surface area (Å²) in [7, 11) is 0. The second-order valence-corrected chi connectivity index (χ2v) is 6.52. The molecule has 0 spiro atoms. The monoisotopic (exact) mass is 348 g/mol. The van der Waals surface area contributed by atoms with Gasteiger partial charge in [-0.3, -0.25) is 0 Å². The Kier molecular flexibility index (Phi) is 4.31. The average molecular weight is 348 g/mol. The molecule has 0 unspecified atom stereocenters. The van der Waals surface area contributed by atoms with Gasteiger partial charge in [-0.05, 0) is 41.6 Å². The van der Waals surface area contributed by atoms with Crippen molar-refractivity contribution in [2.45, 2.75) is 13.0 Å². The minimum Gasteiger partial charge on any atom is -0.481 e. The summed E-state index contributed by atoms with van der Waals surface area (Å²) in [5.41, 5.74) is 2.33. The zero-order valence-electron chi connectivity index (χ0n) is 13.6. The Morgan fingerprint density at radius 1 is 0.880 bits per heavy atom. The summed E-state index contributed by atoms with van der Waals surface area (Å²) in [6, 6.07) is 22.2. The number of rotatable bonds is 5. The molecule has 0 aliphatic rings. The predicted octanol–water partition coefficient (Wildman–Crippen LogP) is 5.61. The van der Waals surface area contributed by atoms with Crippen LogP contribution in [0, 0.1) is 0 Å². The molecule has 0 saturated carbocycles. The van der Waals surface area contributed by atoms with Gasteiger partial charge in [-0.1, -0.05) is 48.5 Å². The zero-order chi connectivity index (χ0) is 17.1. The molecular formula is C20H16N2O2S. The molecule has 0 amide bonds. The van der Waals surface area contributed by atoms with Crippen molar-refractivity contribution in [3.8, 4) is 27.6 Å². The van der Waals surface area contributed by atoms with Crippen LogP contribution in [0.4, 0.5) is 0 Å². The second kappa shape index (κ2) is 6.91. The van der Waals surface area contributed by atoms with E-state index in [4.69, 9.17) is 9.15 Å². The topological polar surface area (TPSA) is 48.2 Å². The van der Waals surface area contributed by atoms with Gasteiger partial charge < -0.3 is 9.15 Å². The van der Waals surface area contributed by atoms with E-state index >= 15 is 0 Å². The second-order valence-electron chi connectivity index (χ2n) is 5.57. The highest BCUT2D eigenvalue weighted by Gasteiger charge is 2.17. The number of hydrogen-bond donors (Lipinski definition) is 0. The van der Waals surface area contributed by atoms with Crippen LogP contribution in [-0.4, -0.2) is 10.2 Å². The molecule has 2 aromatic heterocycles. The van der Waals surface area contributed by atoms with Crippen LogP contribution in [0.2, 0.25) is 0 Å². The van der Waals surface area contributed by atoms with E-state index in [0.29, 0.717) is 11.8 Å². The first-order valence-electron chi connectivity index (χ1n) is 7.99. The number of thiophene rings is 1. The zero-order valence-corrected chi connectivity index (χ0v) is 14.4. The summed E-state index contributed by atoms with van der Waals surface area (Å²) in [5.74, 6) is 1.76. The van der Waals surface area contributed by atoms with E-state index in [0.717, 1.165) is 16.2 Å². The molecule has 4 nitrogen and oxygen atoms in total. The Balaban J connectivity index is 1.47. The van der Waals surface area contributed by atoms with Crippen LogP contribution in [0.15, 0.2) is 76.5 Å². The molecule has 0 N–H and O–H groups in total. The molecule has 124 valence electrons. The first-order valence-corrected chi connectivity index (χ1v) is 8.87. The van der Waals surface area contributed by atoms with Crippen molar-refractivity contribution >= 4 is 11.3 Å². The van der Waals surface area contributed by atoms with Crippen molar-refractivity contribution in [1.82, 2.24) is 10.2 Å².